The lowest BCUT2D eigenvalue weighted by Crippen LogP contribution is -2.26. The van der Waals surface area contributed by atoms with E-state index >= 15 is 0 Å². The van der Waals surface area contributed by atoms with Gasteiger partial charge >= 0.3 is 5.30 Å². The number of nitrogens with zero attached hydrogens (tertiary/aromatic N) is 4. The average Bonchev–Trinajstić information content (AvgIpc) is 3.60. The number of para-hydroxylation sites is 1. The Morgan fingerprint density at radius 3 is 2.48 bits per heavy atom. The van der Waals surface area contributed by atoms with Gasteiger partial charge in [0.2, 0.25) is 5.82 Å². The first-order valence-electron chi connectivity index (χ1n) is 15.6. The maximum Gasteiger partial charge on any atom is 0.367 e. The number of hydrogen-bond donors (Lipinski definition) is 2. The summed E-state index contributed by atoms with van der Waals surface area (Å²) in [5, 5.41) is 13.9. The Hall–Kier alpha value is -4.64. The number of aromatic amines is 1. The molecule has 10 nitrogen and oxygen atoms in total. The van der Waals surface area contributed by atoms with Gasteiger partial charge in [-0.25, -0.2) is 4.79 Å². The van der Waals surface area contributed by atoms with E-state index in [1.165, 1.54) is 6.42 Å². The zero-order chi connectivity index (χ0) is 32.5. The first kappa shape index (κ1) is 32.7. The SMILES string of the molecule is C=C(OCC)N(Cc1ccc(-c2ccccc2-c2nn[nH]n2)cc1)c1c(N)cccc1C(=O)CC(C)SC(=O)OC1CCCCC1. The van der Waals surface area contributed by atoms with Crippen molar-refractivity contribution < 1.29 is 19.1 Å². The van der Waals surface area contributed by atoms with Crippen LogP contribution in [0.2, 0.25) is 0 Å². The second kappa shape index (κ2) is 15.6. The molecule has 0 bridgehead atoms. The molecule has 1 unspecified atom stereocenters. The Balaban J connectivity index is 1.35. The maximum atomic E-state index is 13.7. The summed E-state index contributed by atoms with van der Waals surface area (Å²) in [6, 6.07) is 21.3. The van der Waals surface area contributed by atoms with Crippen molar-refractivity contribution in [3.63, 3.8) is 0 Å². The van der Waals surface area contributed by atoms with Gasteiger partial charge in [0.15, 0.2) is 11.7 Å². The van der Waals surface area contributed by atoms with Gasteiger partial charge in [-0.15, -0.1) is 10.2 Å². The quantitative estimate of drug-likeness (QED) is 0.0645. The summed E-state index contributed by atoms with van der Waals surface area (Å²) in [5.74, 6) is 0.763. The van der Waals surface area contributed by atoms with Crippen LogP contribution in [0.25, 0.3) is 22.5 Å². The highest BCUT2D eigenvalue weighted by atomic mass is 32.2. The number of ether oxygens (including phenoxy) is 2. The van der Waals surface area contributed by atoms with Crippen molar-refractivity contribution in [3.8, 4) is 22.5 Å². The van der Waals surface area contributed by atoms with Crippen LogP contribution in [0.1, 0.15) is 68.3 Å². The van der Waals surface area contributed by atoms with E-state index in [0.29, 0.717) is 41.8 Å². The number of thioether (sulfide) groups is 1. The molecule has 0 radical (unpaired) electrons. The Morgan fingerprint density at radius 1 is 1.04 bits per heavy atom. The van der Waals surface area contributed by atoms with Gasteiger partial charge < -0.3 is 20.1 Å². The lowest BCUT2D eigenvalue weighted by Gasteiger charge is -2.29. The van der Waals surface area contributed by atoms with E-state index in [9.17, 15) is 9.59 Å². The number of H-pyrrole nitrogens is 1. The number of tetrazole rings is 1. The number of aromatic nitrogens is 4. The third-order valence-electron chi connectivity index (χ3n) is 7.95. The highest BCUT2D eigenvalue weighted by molar-refractivity contribution is 8.13. The minimum absolute atomic E-state index is 0.0235. The van der Waals surface area contributed by atoms with E-state index < -0.39 is 0 Å². The summed E-state index contributed by atoms with van der Waals surface area (Å²) in [7, 11) is 0. The van der Waals surface area contributed by atoms with Crippen molar-refractivity contribution >= 4 is 34.2 Å². The van der Waals surface area contributed by atoms with Crippen molar-refractivity contribution in [2.24, 2.45) is 0 Å². The van der Waals surface area contributed by atoms with Crippen LogP contribution < -0.4 is 10.6 Å². The number of rotatable bonds is 13. The molecule has 1 aromatic heterocycles. The van der Waals surface area contributed by atoms with Gasteiger partial charge in [-0.1, -0.05) is 67.9 Å². The average molecular weight is 641 g/mol. The zero-order valence-electron chi connectivity index (χ0n) is 26.3. The maximum absolute atomic E-state index is 13.7. The fourth-order valence-electron chi connectivity index (χ4n) is 5.73. The number of anilines is 2. The number of nitrogens with two attached hydrogens (primary N) is 1. The number of benzene rings is 3. The van der Waals surface area contributed by atoms with Crippen molar-refractivity contribution in [2.45, 2.75) is 70.3 Å². The van der Waals surface area contributed by atoms with Gasteiger partial charge in [-0.3, -0.25) is 4.79 Å². The molecule has 3 N–H and O–H groups in total. The first-order valence-corrected chi connectivity index (χ1v) is 16.5. The van der Waals surface area contributed by atoms with Crippen LogP contribution in [0, 0.1) is 0 Å². The third kappa shape index (κ3) is 8.14. The van der Waals surface area contributed by atoms with Crippen molar-refractivity contribution in [1.82, 2.24) is 20.6 Å². The van der Waals surface area contributed by atoms with E-state index in [4.69, 9.17) is 15.2 Å². The molecule has 1 aliphatic carbocycles. The van der Waals surface area contributed by atoms with Crippen molar-refractivity contribution in [2.75, 3.05) is 17.2 Å². The fraction of sp³-hybridized carbons (Fsp3) is 0.343. The molecular weight excluding hydrogens is 600 g/mol. The van der Waals surface area contributed by atoms with E-state index in [-0.39, 0.29) is 28.9 Å². The second-order valence-electron chi connectivity index (χ2n) is 11.3. The summed E-state index contributed by atoms with van der Waals surface area (Å²) in [6.07, 6.45) is 5.28. The minimum atomic E-state index is -0.324. The lowest BCUT2D eigenvalue weighted by atomic mass is 9.98. The smallest absolute Gasteiger partial charge is 0.367 e. The number of nitrogen functional groups attached to an aromatic ring is 1. The Morgan fingerprint density at radius 2 is 1.78 bits per heavy atom. The third-order valence-corrected chi connectivity index (χ3v) is 8.81. The highest BCUT2D eigenvalue weighted by Gasteiger charge is 2.26. The van der Waals surface area contributed by atoms with Crippen molar-refractivity contribution in [1.29, 1.82) is 0 Å². The summed E-state index contributed by atoms with van der Waals surface area (Å²) in [4.78, 5) is 28.2. The lowest BCUT2D eigenvalue weighted by molar-refractivity contribution is 0.0965. The number of carbonyl (C=O) groups is 2. The molecule has 1 fully saturated rings. The molecule has 0 amide bonds. The van der Waals surface area contributed by atoms with Gasteiger partial charge in [0.05, 0.1) is 24.5 Å². The van der Waals surface area contributed by atoms with Crippen LogP contribution in [0.4, 0.5) is 16.2 Å². The molecule has 1 saturated carbocycles. The van der Waals surface area contributed by atoms with Crippen LogP contribution in [-0.2, 0) is 16.0 Å². The van der Waals surface area contributed by atoms with E-state index in [1.807, 2.05) is 67.3 Å². The molecule has 1 heterocycles. The Bertz CT molecular complexity index is 1640. The van der Waals surface area contributed by atoms with Crippen LogP contribution >= 0.6 is 11.8 Å². The monoisotopic (exact) mass is 640 g/mol. The van der Waals surface area contributed by atoms with Gasteiger partial charge in [0, 0.05) is 22.8 Å². The zero-order valence-corrected chi connectivity index (χ0v) is 27.1. The number of ketones is 1. The molecule has 0 aliphatic heterocycles. The molecule has 46 heavy (non-hydrogen) atoms. The summed E-state index contributed by atoms with van der Waals surface area (Å²) in [6.45, 7) is 8.67. The van der Waals surface area contributed by atoms with Gasteiger partial charge in [-0.2, -0.15) is 5.21 Å². The van der Waals surface area contributed by atoms with Crippen LogP contribution in [0.3, 0.4) is 0 Å². The summed E-state index contributed by atoms with van der Waals surface area (Å²) >= 11 is 1.07. The molecule has 0 spiro atoms. The van der Waals surface area contributed by atoms with Crippen LogP contribution in [0.15, 0.2) is 79.2 Å². The predicted octanol–water partition coefficient (Wildman–Crippen LogP) is 7.79. The number of Topliss-reactive ketones (excluding diaryl/α,β-unsaturated/α-hetero) is 1. The van der Waals surface area contributed by atoms with E-state index in [2.05, 4.69) is 27.2 Å². The molecule has 4 aromatic rings. The van der Waals surface area contributed by atoms with Gasteiger partial charge in [0.1, 0.15) is 6.10 Å². The summed E-state index contributed by atoms with van der Waals surface area (Å²) in [5.41, 5.74) is 11.7. The molecular formula is C35H40N6O4S. The van der Waals surface area contributed by atoms with Crippen LogP contribution in [0.5, 0.6) is 0 Å². The fourth-order valence-corrected chi connectivity index (χ4v) is 6.48. The standard InChI is InChI=1S/C35H40N6O4S/c1-4-44-24(3)41(22-25-17-19-26(20-18-25)28-13-8-9-14-29(28)34-37-39-40-38-34)33-30(15-10-16-31(33)36)32(42)21-23(2)46-35(43)45-27-11-6-5-7-12-27/h8-10,13-20,23,27H,3-7,11-12,21-22,36H2,1-2H3,(H,37,38,39,40). The van der Waals surface area contributed by atoms with Crippen molar-refractivity contribution in [3.05, 3.63) is 90.3 Å². The van der Waals surface area contributed by atoms with Gasteiger partial charge in [-0.05, 0) is 85.0 Å². The largest absolute Gasteiger partial charge is 0.480 e. The number of carbonyl (C=O) groups excluding carboxylic acids is 2. The topological polar surface area (TPSA) is 136 Å². The summed E-state index contributed by atoms with van der Waals surface area (Å²) < 4.78 is 11.5. The molecule has 11 heteroatoms. The highest BCUT2D eigenvalue weighted by Crippen LogP contribution is 2.35. The second-order valence-corrected chi connectivity index (χ2v) is 12.7. The molecule has 3 aromatic carbocycles. The normalized spacial score (nSPS) is 14.0. The molecule has 240 valence electrons. The Labute approximate surface area is 273 Å². The molecule has 0 saturated heterocycles. The molecule has 5 rings (SSSR count). The minimum Gasteiger partial charge on any atom is -0.480 e. The number of nitrogens with one attached hydrogen (secondary N) is 1. The molecule has 1 atom stereocenters. The first-order chi connectivity index (χ1) is 22.3. The van der Waals surface area contributed by atoms with E-state index in [1.54, 1.807) is 18.2 Å². The number of hydrogen-bond acceptors (Lipinski definition) is 10. The Kier molecular flexibility index (Phi) is 11.1. The van der Waals surface area contributed by atoms with Crippen LogP contribution in [-0.4, -0.2) is 49.7 Å². The van der Waals surface area contributed by atoms with E-state index in [0.717, 1.165) is 59.7 Å². The molecule has 1 aliphatic rings. The van der Waals surface area contributed by atoms with Gasteiger partial charge in [0.25, 0.3) is 0 Å². The predicted molar refractivity (Wildman–Crippen MR) is 182 cm³/mol.